The number of fused-ring (bicyclic) bond motifs is 3. The van der Waals surface area contributed by atoms with Crippen LogP contribution in [0, 0.1) is 6.92 Å². The summed E-state index contributed by atoms with van der Waals surface area (Å²) in [6, 6.07) is 21.6. The monoisotopic (exact) mass is 804 g/mol. The number of likely N-dealkylation sites (N-methyl/N-ethyl adjacent to an activating group) is 1. The van der Waals surface area contributed by atoms with Gasteiger partial charge >= 0.3 is 5.97 Å². The van der Waals surface area contributed by atoms with Crippen molar-refractivity contribution in [1.82, 2.24) is 30.8 Å². The van der Waals surface area contributed by atoms with Crippen molar-refractivity contribution in [2.45, 2.75) is 86.6 Å². The van der Waals surface area contributed by atoms with Crippen molar-refractivity contribution in [2.24, 2.45) is 11.5 Å². The summed E-state index contributed by atoms with van der Waals surface area (Å²) in [6.45, 7) is 3.21. The Morgan fingerprint density at radius 2 is 1.64 bits per heavy atom. The quantitative estimate of drug-likeness (QED) is 0.0899. The van der Waals surface area contributed by atoms with Crippen LogP contribution < -0.4 is 27.4 Å². The van der Waals surface area contributed by atoms with Gasteiger partial charge in [0.15, 0.2) is 0 Å². The summed E-state index contributed by atoms with van der Waals surface area (Å²) in [5.41, 5.74) is 17.9. The van der Waals surface area contributed by atoms with Crippen molar-refractivity contribution < 1.29 is 24.3 Å². The molecule has 0 spiro atoms. The minimum absolute atomic E-state index is 0.0989. The van der Waals surface area contributed by atoms with Crippen LogP contribution in [0.3, 0.4) is 0 Å². The summed E-state index contributed by atoms with van der Waals surface area (Å²) in [6.07, 6.45) is 4.57. The van der Waals surface area contributed by atoms with E-state index in [1.807, 2.05) is 61.5 Å². The highest BCUT2D eigenvalue weighted by Crippen LogP contribution is 2.37. The van der Waals surface area contributed by atoms with Gasteiger partial charge in [-0.25, -0.2) is 9.78 Å². The number of para-hydroxylation sites is 1. The molecule has 13 nitrogen and oxygen atoms in total. The van der Waals surface area contributed by atoms with Gasteiger partial charge in [0.1, 0.15) is 17.1 Å². The predicted molar refractivity (Wildman–Crippen MR) is 226 cm³/mol. The molecule has 3 atom stereocenters. The molecule has 2 aromatic heterocycles. The third kappa shape index (κ3) is 9.94. The molecule has 6 rings (SSSR count). The van der Waals surface area contributed by atoms with Gasteiger partial charge in [-0.1, -0.05) is 60.3 Å². The standard InChI is InChI=1S/C44H52N8O5S/c1-27-33(32-11-3-4-13-35(32)50-27)24-38-41(54)49-26-34-31(28-17-19-29(20-18-28)44(56)57)12-7-16-39(34)58-42-30(10-9-23-47-42)25-48-36(15-8-22-46)40(53)51-37(14-5-6-21-45)43(55)52(38)2/h3-4,7,9-13,16-20,23,36-38,48,50H,5-6,8,14-15,21-22,24-26,45-46H2,1-2H3,(H,49,54)(H,51,53)(H,56,57)/t36-,37-,38-/m0/s1. The molecule has 1 aliphatic heterocycles. The number of benzene rings is 3. The Kier molecular flexibility index (Phi) is 14.3. The first-order valence-corrected chi connectivity index (χ1v) is 20.5. The maximum absolute atomic E-state index is 14.7. The number of H-pyrrole nitrogens is 1. The van der Waals surface area contributed by atoms with Crippen molar-refractivity contribution in [3.05, 3.63) is 113 Å². The van der Waals surface area contributed by atoms with Crippen molar-refractivity contribution in [3.63, 3.8) is 0 Å². The number of aromatic amines is 1. The number of aryl methyl sites for hydroxylation is 1. The lowest BCUT2D eigenvalue weighted by Gasteiger charge is -2.32. The Balaban J connectivity index is 1.47. The van der Waals surface area contributed by atoms with Gasteiger partial charge in [-0.05, 0) is 110 Å². The number of aromatic carboxylic acids is 1. The molecule has 58 heavy (non-hydrogen) atoms. The molecule has 3 heterocycles. The number of carbonyl (C=O) groups excluding carboxylic acids is 3. The molecule has 0 unspecified atom stereocenters. The number of aromatic nitrogens is 2. The first-order valence-electron chi connectivity index (χ1n) is 19.7. The van der Waals surface area contributed by atoms with E-state index < -0.39 is 24.1 Å². The molecule has 1 aliphatic rings. The molecular weight excluding hydrogens is 753 g/mol. The number of hydrogen-bond acceptors (Lipinski definition) is 9. The van der Waals surface area contributed by atoms with Crippen molar-refractivity contribution in [3.8, 4) is 11.1 Å². The Labute approximate surface area is 342 Å². The van der Waals surface area contributed by atoms with E-state index in [4.69, 9.17) is 16.5 Å². The summed E-state index contributed by atoms with van der Waals surface area (Å²) in [5, 5.41) is 20.9. The second-order valence-electron chi connectivity index (χ2n) is 14.6. The van der Waals surface area contributed by atoms with Crippen LogP contribution in [0.1, 0.15) is 64.8 Å². The molecule has 14 heteroatoms. The van der Waals surface area contributed by atoms with Crippen molar-refractivity contribution in [2.75, 3.05) is 20.1 Å². The fourth-order valence-electron chi connectivity index (χ4n) is 7.45. The molecule has 0 saturated carbocycles. The van der Waals surface area contributed by atoms with Crippen LogP contribution in [0.15, 0.2) is 95.0 Å². The molecule has 0 aliphatic carbocycles. The summed E-state index contributed by atoms with van der Waals surface area (Å²) in [4.78, 5) is 65.7. The van der Waals surface area contributed by atoms with Crippen molar-refractivity contribution >= 4 is 46.4 Å². The number of carbonyl (C=O) groups is 4. The largest absolute Gasteiger partial charge is 0.478 e. The molecule has 3 aromatic carbocycles. The van der Waals surface area contributed by atoms with Crippen LogP contribution in [0.4, 0.5) is 0 Å². The van der Waals surface area contributed by atoms with Crippen LogP contribution in [0.5, 0.6) is 0 Å². The third-order valence-corrected chi connectivity index (χ3v) is 11.9. The van der Waals surface area contributed by atoms with Gasteiger partial charge in [-0.15, -0.1) is 0 Å². The first kappa shape index (κ1) is 42.1. The number of rotatable bonds is 11. The molecule has 3 amide bonds. The summed E-state index contributed by atoms with van der Waals surface area (Å²) in [7, 11) is 1.62. The van der Waals surface area contributed by atoms with Gasteiger partial charge in [0, 0.05) is 54.2 Å². The number of nitrogens with one attached hydrogen (secondary N) is 4. The number of unbranched alkanes of at least 4 members (excludes halogenated alkanes) is 1. The molecular formula is C44H52N8O5S. The smallest absolute Gasteiger partial charge is 0.335 e. The van der Waals surface area contributed by atoms with Crippen LogP contribution in [0.2, 0.25) is 0 Å². The highest BCUT2D eigenvalue weighted by Gasteiger charge is 2.34. The van der Waals surface area contributed by atoms with E-state index in [9.17, 15) is 24.3 Å². The molecule has 0 radical (unpaired) electrons. The Bertz CT molecular complexity index is 2240. The first-order chi connectivity index (χ1) is 28.1. The van der Waals surface area contributed by atoms with Gasteiger partial charge in [0.05, 0.1) is 11.6 Å². The lowest BCUT2D eigenvalue weighted by atomic mass is 9.97. The van der Waals surface area contributed by atoms with Crippen molar-refractivity contribution in [1.29, 1.82) is 0 Å². The number of hydrogen-bond donors (Lipinski definition) is 7. The van der Waals surface area contributed by atoms with E-state index in [0.29, 0.717) is 56.8 Å². The number of carboxylic acids is 1. The Morgan fingerprint density at radius 1 is 0.879 bits per heavy atom. The van der Waals surface area contributed by atoms with E-state index in [1.54, 1.807) is 37.5 Å². The normalized spacial score (nSPS) is 18.2. The van der Waals surface area contributed by atoms with Gasteiger partial charge in [-0.2, -0.15) is 0 Å². The number of amides is 3. The van der Waals surface area contributed by atoms with Crippen LogP contribution in [-0.4, -0.2) is 81.9 Å². The summed E-state index contributed by atoms with van der Waals surface area (Å²) >= 11 is 1.44. The SMILES string of the molecule is Cc1[nH]c2ccccc2c1C[C@H]1C(=O)NCc2c(cccc2-c2ccc(C(=O)O)cc2)Sc2ncccc2CN[C@@H](CCCN)C(=O)N[C@@H](CCCCN)C(=O)N1C. The van der Waals surface area contributed by atoms with Gasteiger partial charge < -0.3 is 42.4 Å². The average Bonchev–Trinajstić information content (AvgIpc) is 3.55. The minimum Gasteiger partial charge on any atom is -0.478 e. The maximum atomic E-state index is 14.7. The van der Waals surface area contributed by atoms with Crippen LogP contribution >= 0.6 is 11.8 Å². The number of nitrogens with zero attached hydrogens (tertiary/aromatic N) is 2. The Hall–Kier alpha value is -5.54. The summed E-state index contributed by atoms with van der Waals surface area (Å²) in [5.74, 6) is -2.10. The molecule has 0 saturated heterocycles. The van der Waals surface area contributed by atoms with E-state index in [1.165, 1.54) is 16.7 Å². The lowest BCUT2D eigenvalue weighted by molar-refractivity contribution is -0.142. The fourth-order valence-corrected chi connectivity index (χ4v) is 8.50. The second kappa shape index (κ2) is 19.7. The Morgan fingerprint density at radius 3 is 2.40 bits per heavy atom. The minimum atomic E-state index is -1.03. The zero-order chi connectivity index (χ0) is 41.2. The third-order valence-electron chi connectivity index (χ3n) is 10.7. The van der Waals surface area contributed by atoms with Crippen LogP contribution in [0.25, 0.3) is 22.0 Å². The molecule has 5 aromatic rings. The lowest BCUT2D eigenvalue weighted by Crippen LogP contribution is -2.57. The van der Waals surface area contributed by atoms with Gasteiger partial charge in [0.25, 0.3) is 0 Å². The fraction of sp³-hybridized carbons (Fsp3) is 0.341. The van der Waals surface area contributed by atoms with Gasteiger partial charge in [0.2, 0.25) is 17.7 Å². The van der Waals surface area contributed by atoms with Crippen LogP contribution in [-0.2, 0) is 33.9 Å². The average molecular weight is 805 g/mol. The van der Waals surface area contributed by atoms with E-state index in [0.717, 1.165) is 49.3 Å². The molecule has 0 bridgehead atoms. The van der Waals surface area contributed by atoms with E-state index in [-0.39, 0.29) is 36.3 Å². The zero-order valence-electron chi connectivity index (χ0n) is 32.9. The molecule has 304 valence electrons. The second-order valence-corrected chi connectivity index (χ2v) is 15.6. The molecule has 0 fully saturated rings. The van der Waals surface area contributed by atoms with E-state index in [2.05, 4.69) is 20.9 Å². The highest BCUT2D eigenvalue weighted by atomic mass is 32.2. The topological polar surface area (TPSA) is 209 Å². The predicted octanol–water partition coefficient (Wildman–Crippen LogP) is 4.90. The number of carboxylic acid groups (broad SMARTS) is 1. The van der Waals surface area contributed by atoms with Gasteiger partial charge in [-0.3, -0.25) is 14.4 Å². The molecule has 9 N–H and O–H groups in total. The maximum Gasteiger partial charge on any atom is 0.335 e. The van der Waals surface area contributed by atoms with E-state index >= 15 is 0 Å². The number of pyridine rings is 1. The highest BCUT2D eigenvalue weighted by molar-refractivity contribution is 7.99. The zero-order valence-corrected chi connectivity index (χ0v) is 33.7. The summed E-state index contributed by atoms with van der Waals surface area (Å²) < 4.78 is 0. The number of nitrogens with two attached hydrogens (primary N) is 2.